The van der Waals surface area contributed by atoms with Gasteiger partial charge in [-0.05, 0) is 24.6 Å². The van der Waals surface area contributed by atoms with E-state index in [2.05, 4.69) is 0 Å². The maximum atomic E-state index is 9.88. The molecule has 1 unspecified atom stereocenters. The lowest BCUT2D eigenvalue weighted by atomic mass is 10.0. The van der Waals surface area contributed by atoms with Crippen molar-refractivity contribution in [1.29, 1.82) is 0 Å². The molecule has 1 heterocycles. The molecular weight excluding hydrogens is 252 g/mol. The maximum absolute atomic E-state index is 9.88. The van der Waals surface area contributed by atoms with Crippen LogP contribution < -0.4 is 4.74 Å². The molecule has 0 fully saturated rings. The molecule has 0 aliphatic rings. The van der Waals surface area contributed by atoms with E-state index < -0.39 is 6.10 Å². The Morgan fingerprint density at radius 1 is 1.10 bits per heavy atom. The van der Waals surface area contributed by atoms with Gasteiger partial charge < -0.3 is 14.3 Å². The molecule has 0 radical (unpaired) electrons. The van der Waals surface area contributed by atoms with Crippen molar-refractivity contribution in [3.63, 3.8) is 0 Å². The fourth-order valence-corrected chi connectivity index (χ4v) is 2.42. The van der Waals surface area contributed by atoms with E-state index in [1.54, 1.807) is 14.0 Å². The summed E-state index contributed by atoms with van der Waals surface area (Å²) in [6.07, 6.45) is -0.540. The van der Waals surface area contributed by atoms with E-state index in [1.165, 1.54) is 0 Å². The van der Waals surface area contributed by atoms with Crippen LogP contribution in [0.5, 0.6) is 5.75 Å². The van der Waals surface area contributed by atoms with Crippen LogP contribution in [-0.2, 0) is 0 Å². The van der Waals surface area contributed by atoms with Gasteiger partial charge in [-0.3, -0.25) is 0 Å². The van der Waals surface area contributed by atoms with Crippen LogP contribution in [-0.4, -0.2) is 12.2 Å². The highest BCUT2D eigenvalue weighted by Crippen LogP contribution is 2.35. The van der Waals surface area contributed by atoms with Crippen LogP contribution >= 0.6 is 0 Å². The smallest absolute Gasteiger partial charge is 0.176 e. The minimum Gasteiger partial charge on any atom is -0.493 e. The van der Waals surface area contributed by atoms with Crippen LogP contribution in [0.1, 0.15) is 18.6 Å². The first kappa shape index (κ1) is 12.8. The number of hydrogen-bond acceptors (Lipinski definition) is 3. The van der Waals surface area contributed by atoms with Crippen molar-refractivity contribution in [3.05, 3.63) is 54.1 Å². The van der Waals surface area contributed by atoms with E-state index in [-0.39, 0.29) is 0 Å². The first-order valence-corrected chi connectivity index (χ1v) is 6.54. The molecule has 0 bridgehead atoms. The normalized spacial score (nSPS) is 12.6. The zero-order valence-electron chi connectivity index (χ0n) is 11.5. The van der Waals surface area contributed by atoms with Crippen LogP contribution in [0.15, 0.2) is 52.9 Å². The Morgan fingerprint density at radius 3 is 2.65 bits per heavy atom. The number of rotatable bonds is 3. The zero-order valence-corrected chi connectivity index (χ0v) is 11.5. The highest BCUT2D eigenvalue weighted by Gasteiger charge is 2.14. The van der Waals surface area contributed by atoms with Gasteiger partial charge in [-0.2, -0.15) is 0 Å². The van der Waals surface area contributed by atoms with Gasteiger partial charge in [-0.1, -0.05) is 36.4 Å². The summed E-state index contributed by atoms with van der Waals surface area (Å²) < 4.78 is 11.2. The van der Waals surface area contributed by atoms with Crippen LogP contribution in [0.4, 0.5) is 0 Å². The Bertz CT molecular complexity index is 741. The molecule has 0 aliphatic heterocycles. The van der Waals surface area contributed by atoms with E-state index in [1.807, 2.05) is 48.5 Å². The number of methoxy groups -OCH3 is 1. The standard InChI is InChI=1S/C17H16O3/c1-11(18)13-7-3-4-8-14(13)16-10-12-6-5-9-15(19-2)17(12)20-16/h3-11,18H,1-2H3. The minimum atomic E-state index is -0.540. The van der Waals surface area contributed by atoms with Gasteiger partial charge in [-0.15, -0.1) is 0 Å². The summed E-state index contributed by atoms with van der Waals surface area (Å²) in [6, 6.07) is 15.5. The molecule has 0 spiro atoms. The van der Waals surface area contributed by atoms with Gasteiger partial charge in [-0.25, -0.2) is 0 Å². The van der Waals surface area contributed by atoms with Crippen molar-refractivity contribution in [2.75, 3.05) is 7.11 Å². The van der Waals surface area contributed by atoms with Crippen LogP contribution in [0.2, 0.25) is 0 Å². The van der Waals surface area contributed by atoms with Crippen LogP contribution in [0.25, 0.3) is 22.3 Å². The second kappa shape index (κ2) is 5.02. The Kier molecular flexibility index (Phi) is 3.20. The molecule has 3 aromatic rings. The van der Waals surface area contributed by atoms with Gasteiger partial charge >= 0.3 is 0 Å². The molecule has 102 valence electrons. The second-order valence-electron chi connectivity index (χ2n) is 4.75. The monoisotopic (exact) mass is 268 g/mol. The number of ether oxygens (including phenoxy) is 1. The van der Waals surface area contributed by atoms with E-state index in [9.17, 15) is 5.11 Å². The molecule has 20 heavy (non-hydrogen) atoms. The van der Waals surface area contributed by atoms with Crippen molar-refractivity contribution >= 4 is 11.0 Å². The Labute approximate surface area is 117 Å². The summed E-state index contributed by atoms with van der Waals surface area (Å²) in [5.74, 6) is 1.45. The molecule has 1 atom stereocenters. The number of aliphatic hydroxyl groups is 1. The lowest BCUT2D eigenvalue weighted by Crippen LogP contribution is -1.93. The summed E-state index contributed by atoms with van der Waals surface area (Å²) >= 11 is 0. The summed E-state index contributed by atoms with van der Waals surface area (Å²) in [6.45, 7) is 1.75. The Hall–Kier alpha value is -2.26. The fourth-order valence-electron chi connectivity index (χ4n) is 2.42. The van der Waals surface area contributed by atoms with Crippen LogP contribution in [0, 0.1) is 0 Å². The average Bonchev–Trinajstić information content (AvgIpc) is 2.90. The third-order valence-corrected chi connectivity index (χ3v) is 3.40. The molecule has 2 aromatic carbocycles. The van der Waals surface area contributed by atoms with Gasteiger partial charge in [0, 0.05) is 10.9 Å². The maximum Gasteiger partial charge on any atom is 0.176 e. The molecule has 0 saturated heterocycles. The van der Waals surface area contributed by atoms with Crippen molar-refractivity contribution in [3.8, 4) is 17.1 Å². The third-order valence-electron chi connectivity index (χ3n) is 3.40. The van der Waals surface area contributed by atoms with Crippen molar-refractivity contribution in [2.45, 2.75) is 13.0 Å². The largest absolute Gasteiger partial charge is 0.493 e. The van der Waals surface area contributed by atoms with E-state index >= 15 is 0 Å². The lowest BCUT2D eigenvalue weighted by Gasteiger charge is -2.09. The topological polar surface area (TPSA) is 42.6 Å². The zero-order chi connectivity index (χ0) is 14.1. The van der Waals surface area contributed by atoms with Crippen LogP contribution in [0.3, 0.4) is 0 Å². The number of benzene rings is 2. The van der Waals surface area contributed by atoms with E-state index in [0.717, 1.165) is 27.9 Å². The summed E-state index contributed by atoms with van der Waals surface area (Å²) in [5.41, 5.74) is 2.48. The van der Waals surface area contributed by atoms with E-state index in [0.29, 0.717) is 5.75 Å². The Morgan fingerprint density at radius 2 is 1.90 bits per heavy atom. The molecule has 3 nitrogen and oxygen atoms in total. The summed E-state index contributed by atoms with van der Waals surface area (Å²) in [7, 11) is 1.63. The summed E-state index contributed by atoms with van der Waals surface area (Å²) in [5, 5.41) is 10.9. The van der Waals surface area contributed by atoms with Gasteiger partial charge in [0.15, 0.2) is 11.3 Å². The number of para-hydroxylation sites is 1. The number of aliphatic hydroxyl groups excluding tert-OH is 1. The highest BCUT2D eigenvalue weighted by molar-refractivity contribution is 5.87. The predicted octanol–water partition coefficient (Wildman–Crippen LogP) is 4.16. The summed E-state index contributed by atoms with van der Waals surface area (Å²) in [4.78, 5) is 0. The second-order valence-corrected chi connectivity index (χ2v) is 4.75. The minimum absolute atomic E-state index is 0.540. The van der Waals surface area contributed by atoms with Crippen molar-refractivity contribution < 1.29 is 14.3 Å². The molecule has 3 heteroatoms. The van der Waals surface area contributed by atoms with Gasteiger partial charge in [0.2, 0.25) is 0 Å². The van der Waals surface area contributed by atoms with Crippen molar-refractivity contribution in [2.24, 2.45) is 0 Å². The SMILES string of the molecule is COc1cccc2cc(-c3ccccc3C(C)O)oc12. The van der Waals surface area contributed by atoms with Gasteiger partial charge in [0.25, 0.3) is 0 Å². The van der Waals surface area contributed by atoms with Gasteiger partial charge in [0.1, 0.15) is 5.76 Å². The average molecular weight is 268 g/mol. The quantitative estimate of drug-likeness (QED) is 0.775. The molecule has 0 aliphatic carbocycles. The third kappa shape index (κ3) is 2.06. The molecule has 0 amide bonds. The number of furan rings is 1. The predicted molar refractivity (Wildman–Crippen MR) is 78.8 cm³/mol. The molecule has 1 N–H and O–H groups in total. The Balaban J connectivity index is 2.21. The number of hydrogen-bond donors (Lipinski definition) is 1. The highest BCUT2D eigenvalue weighted by atomic mass is 16.5. The molecule has 3 rings (SSSR count). The number of fused-ring (bicyclic) bond motifs is 1. The van der Waals surface area contributed by atoms with Crippen molar-refractivity contribution in [1.82, 2.24) is 0 Å². The first-order valence-electron chi connectivity index (χ1n) is 6.54. The molecule has 0 saturated carbocycles. The fraction of sp³-hybridized carbons (Fsp3) is 0.176. The van der Waals surface area contributed by atoms with Gasteiger partial charge in [0.05, 0.1) is 13.2 Å². The first-order chi connectivity index (χ1) is 9.70. The molecule has 1 aromatic heterocycles. The molecular formula is C17H16O3. The van der Waals surface area contributed by atoms with E-state index in [4.69, 9.17) is 9.15 Å². The lowest BCUT2D eigenvalue weighted by molar-refractivity contribution is 0.199.